The van der Waals surface area contributed by atoms with Crippen LogP contribution in [0, 0.1) is 19.8 Å². The molecular weight excluding hydrogens is 318 g/mol. The Balaban J connectivity index is 1.82. The highest BCUT2D eigenvalue weighted by Crippen LogP contribution is 2.13. The zero-order valence-electron chi connectivity index (χ0n) is 15.3. The molecule has 0 saturated heterocycles. The molecule has 0 fully saturated rings. The molecule has 0 aliphatic rings. The summed E-state index contributed by atoms with van der Waals surface area (Å²) >= 11 is 0. The van der Waals surface area contributed by atoms with Crippen molar-refractivity contribution >= 4 is 5.91 Å². The molecule has 0 saturated carbocycles. The standard InChI is InChI=1S/C19H27N3O3/c1-13(2)11-22-15(4)18(10-21-22)19(24)20-9-16(23)12-25-17-7-5-6-14(3)8-17/h5-8,10,13,16,23H,9,11-12H2,1-4H3,(H,20,24). The largest absolute Gasteiger partial charge is 0.491 e. The maximum Gasteiger partial charge on any atom is 0.254 e. The predicted molar refractivity (Wildman–Crippen MR) is 96.8 cm³/mol. The maximum atomic E-state index is 12.3. The van der Waals surface area contributed by atoms with Crippen molar-refractivity contribution in [3.63, 3.8) is 0 Å². The molecule has 6 heteroatoms. The van der Waals surface area contributed by atoms with Crippen LogP contribution in [-0.4, -0.2) is 40.0 Å². The van der Waals surface area contributed by atoms with Crippen molar-refractivity contribution in [3.05, 3.63) is 47.3 Å². The van der Waals surface area contributed by atoms with E-state index >= 15 is 0 Å². The Morgan fingerprint density at radius 1 is 1.36 bits per heavy atom. The van der Waals surface area contributed by atoms with Gasteiger partial charge in [0.2, 0.25) is 0 Å². The first kappa shape index (κ1) is 19.0. The van der Waals surface area contributed by atoms with E-state index in [9.17, 15) is 9.90 Å². The number of carbonyl (C=O) groups excluding carboxylic acids is 1. The quantitative estimate of drug-likeness (QED) is 0.770. The van der Waals surface area contributed by atoms with Crippen LogP contribution in [0.1, 0.15) is 35.5 Å². The molecule has 0 aliphatic carbocycles. The molecule has 0 spiro atoms. The van der Waals surface area contributed by atoms with Crippen LogP contribution in [-0.2, 0) is 6.54 Å². The first-order valence-corrected chi connectivity index (χ1v) is 8.55. The molecule has 2 aromatic rings. The summed E-state index contributed by atoms with van der Waals surface area (Å²) < 4.78 is 7.37. The minimum Gasteiger partial charge on any atom is -0.491 e. The van der Waals surface area contributed by atoms with E-state index in [0.717, 1.165) is 17.8 Å². The minimum atomic E-state index is -0.782. The number of nitrogens with one attached hydrogen (secondary N) is 1. The van der Waals surface area contributed by atoms with Gasteiger partial charge in [-0.2, -0.15) is 5.10 Å². The van der Waals surface area contributed by atoms with E-state index in [1.807, 2.05) is 42.8 Å². The van der Waals surface area contributed by atoms with Gasteiger partial charge in [-0.3, -0.25) is 9.48 Å². The number of ether oxygens (including phenoxy) is 1. The Morgan fingerprint density at radius 3 is 2.80 bits per heavy atom. The van der Waals surface area contributed by atoms with Crippen molar-refractivity contribution in [3.8, 4) is 5.75 Å². The monoisotopic (exact) mass is 345 g/mol. The van der Waals surface area contributed by atoms with E-state index in [1.54, 1.807) is 6.20 Å². The molecule has 1 unspecified atom stereocenters. The average Bonchev–Trinajstić information content (AvgIpc) is 2.91. The average molecular weight is 345 g/mol. The molecule has 2 rings (SSSR count). The van der Waals surface area contributed by atoms with Crippen LogP contribution in [0.2, 0.25) is 0 Å². The van der Waals surface area contributed by atoms with E-state index in [0.29, 0.717) is 17.2 Å². The summed E-state index contributed by atoms with van der Waals surface area (Å²) in [5.74, 6) is 0.924. The van der Waals surface area contributed by atoms with Gasteiger partial charge in [-0.15, -0.1) is 0 Å². The highest BCUT2D eigenvalue weighted by Gasteiger charge is 2.16. The fourth-order valence-electron chi connectivity index (χ4n) is 2.46. The summed E-state index contributed by atoms with van der Waals surface area (Å²) in [5, 5.41) is 17.0. The van der Waals surface area contributed by atoms with Crippen molar-refractivity contribution in [2.75, 3.05) is 13.2 Å². The lowest BCUT2D eigenvalue weighted by Gasteiger charge is -2.13. The Morgan fingerprint density at radius 2 is 2.12 bits per heavy atom. The van der Waals surface area contributed by atoms with Gasteiger partial charge in [0.05, 0.1) is 11.8 Å². The van der Waals surface area contributed by atoms with Gasteiger partial charge >= 0.3 is 0 Å². The van der Waals surface area contributed by atoms with Crippen LogP contribution in [0.5, 0.6) is 5.75 Å². The van der Waals surface area contributed by atoms with E-state index in [2.05, 4.69) is 24.3 Å². The molecule has 1 atom stereocenters. The molecule has 0 radical (unpaired) electrons. The molecule has 0 bridgehead atoms. The zero-order valence-corrected chi connectivity index (χ0v) is 15.3. The van der Waals surface area contributed by atoms with Gasteiger partial charge < -0.3 is 15.2 Å². The summed E-state index contributed by atoms with van der Waals surface area (Å²) in [7, 11) is 0. The van der Waals surface area contributed by atoms with Gasteiger partial charge in [-0.05, 0) is 37.5 Å². The highest BCUT2D eigenvalue weighted by atomic mass is 16.5. The molecule has 0 aliphatic heterocycles. The van der Waals surface area contributed by atoms with Gasteiger partial charge in [-0.1, -0.05) is 26.0 Å². The fourth-order valence-corrected chi connectivity index (χ4v) is 2.46. The second-order valence-electron chi connectivity index (χ2n) is 6.71. The number of benzene rings is 1. The molecule has 1 amide bonds. The number of aromatic nitrogens is 2. The predicted octanol–water partition coefficient (Wildman–Crippen LogP) is 2.33. The number of hydrogen-bond acceptors (Lipinski definition) is 4. The van der Waals surface area contributed by atoms with Crippen LogP contribution in [0.4, 0.5) is 0 Å². The Labute approximate surface area is 148 Å². The lowest BCUT2D eigenvalue weighted by atomic mass is 10.2. The number of rotatable bonds is 8. The van der Waals surface area contributed by atoms with E-state index in [4.69, 9.17) is 4.74 Å². The van der Waals surface area contributed by atoms with Crippen molar-refractivity contribution in [1.29, 1.82) is 0 Å². The molecule has 25 heavy (non-hydrogen) atoms. The van der Waals surface area contributed by atoms with Gasteiger partial charge in [0.25, 0.3) is 5.91 Å². The first-order valence-electron chi connectivity index (χ1n) is 8.55. The van der Waals surface area contributed by atoms with Crippen molar-refractivity contribution < 1.29 is 14.6 Å². The van der Waals surface area contributed by atoms with Crippen LogP contribution >= 0.6 is 0 Å². The molecular formula is C19H27N3O3. The van der Waals surface area contributed by atoms with Crippen LogP contribution < -0.4 is 10.1 Å². The summed E-state index contributed by atoms with van der Waals surface area (Å²) in [6.45, 7) is 9.07. The topological polar surface area (TPSA) is 76.4 Å². The van der Waals surface area contributed by atoms with Crippen LogP contribution in [0.3, 0.4) is 0 Å². The number of amides is 1. The highest BCUT2D eigenvalue weighted by molar-refractivity contribution is 5.95. The fraction of sp³-hybridized carbons (Fsp3) is 0.474. The van der Waals surface area contributed by atoms with Gasteiger partial charge in [0, 0.05) is 18.8 Å². The normalized spacial score (nSPS) is 12.2. The van der Waals surface area contributed by atoms with E-state index in [1.165, 1.54) is 0 Å². The summed E-state index contributed by atoms with van der Waals surface area (Å²) in [6.07, 6.45) is 0.790. The van der Waals surface area contributed by atoms with E-state index in [-0.39, 0.29) is 19.1 Å². The lowest BCUT2D eigenvalue weighted by Crippen LogP contribution is -2.35. The first-order chi connectivity index (χ1) is 11.9. The lowest BCUT2D eigenvalue weighted by molar-refractivity contribution is 0.0843. The summed E-state index contributed by atoms with van der Waals surface area (Å²) in [5.41, 5.74) is 2.46. The van der Waals surface area contributed by atoms with Crippen molar-refractivity contribution in [1.82, 2.24) is 15.1 Å². The number of aryl methyl sites for hydroxylation is 1. The number of carbonyl (C=O) groups is 1. The molecule has 136 valence electrons. The number of hydrogen-bond donors (Lipinski definition) is 2. The minimum absolute atomic E-state index is 0.120. The molecule has 6 nitrogen and oxygen atoms in total. The third-order valence-corrected chi connectivity index (χ3v) is 3.82. The van der Waals surface area contributed by atoms with Crippen molar-refractivity contribution in [2.24, 2.45) is 5.92 Å². The van der Waals surface area contributed by atoms with Crippen molar-refractivity contribution in [2.45, 2.75) is 40.3 Å². The smallest absolute Gasteiger partial charge is 0.254 e. The van der Waals surface area contributed by atoms with Gasteiger partial charge in [0.15, 0.2) is 0 Å². The SMILES string of the molecule is Cc1cccc(OCC(O)CNC(=O)c2cnn(CC(C)C)c2C)c1. The number of aliphatic hydroxyl groups excluding tert-OH is 1. The Kier molecular flexibility index (Phi) is 6.58. The number of aliphatic hydroxyl groups is 1. The molecule has 2 N–H and O–H groups in total. The summed E-state index contributed by atoms with van der Waals surface area (Å²) in [4.78, 5) is 12.3. The van der Waals surface area contributed by atoms with E-state index < -0.39 is 6.10 Å². The second kappa shape index (κ2) is 8.67. The third kappa shape index (κ3) is 5.60. The Bertz CT molecular complexity index is 710. The number of nitrogens with zero attached hydrogens (tertiary/aromatic N) is 2. The van der Waals surface area contributed by atoms with Crippen LogP contribution in [0.15, 0.2) is 30.5 Å². The third-order valence-electron chi connectivity index (χ3n) is 3.82. The maximum absolute atomic E-state index is 12.3. The Hall–Kier alpha value is -2.34. The second-order valence-corrected chi connectivity index (χ2v) is 6.71. The van der Waals surface area contributed by atoms with Crippen LogP contribution in [0.25, 0.3) is 0 Å². The molecule has 1 heterocycles. The molecule has 1 aromatic carbocycles. The zero-order chi connectivity index (χ0) is 18.4. The summed E-state index contributed by atoms with van der Waals surface area (Å²) in [6, 6.07) is 7.62. The van der Waals surface area contributed by atoms with Gasteiger partial charge in [0.1, 0.15) is 18.5 Å². The van der Waals surface area contributed by atoms with Gasteiger partial charge in [-0.25, -0.2) is 0 Å². The molecule has 1 aromatic heterocycles.